The Morgan fingerprint density at radius 1 is 0.913 bits per heavy atom. The molecule has 23 heavy (non-hydrogen) atoms. The van der Waals surface area contributed by atoms with E-state index in [0.29, 0.717) is 19.8 Å². The van der Waals surface area contributed by atoms with Crippen molar-refractivity contribution in [3.63, 3.8) is 0 Å². The van der Waals surface area contributed by atoms with E-state index in [9.17, 15) is 0 Å². The summed E-state index contributed by atoms with van der Waals surface area (Å²) in [6.07, 6.45) is 1.04. The zero-order chi connectivity index (χ0) is 16.3. The number of ether oxygens (including phenoxy) is 3. The van der Waals surface area contributed by atoms with E-state index in [0.717, 1.165) is 29.2 Å². The van der Waals surface area contributed by atoms with Crippen molar-refractivity contribution >= 4 is 0 Å². The summed E-state index contributed by atoms with van der Waals surface area (Å²) in [6.45, 7) is 8.27. The van der Waals surface area contributed by atoms with E-state index in [2.05, 4.69) is 32.9 Å². The smallest absolute Gasteiger partial charge is 0.161 e. The third-order valence-electron chi connectivity index (χ3n) is 3.98. The fourth-order valence-corrected chi connectivity index (χ4v) is 2.45. The first-order chi connectivity index (χ1) is 11.1. The quantitative estimate of drug-likeness (QED) is 0.824. The molecule has 0 aromatic heterocycles. The minimum atomic E-state index is 0.0245. The van der Waals surface area contributed by atoms with Crippen molar-refractivity contribution in [2.24, 2.45) is 5.41 Å². The number of rotatable bonds is 4. The van der Waals surface area contributed by atoms with E-state index in [1.807, 2.05) is 30.3 Å². The van der Waals surface area contributed by atoms with Crippen LogP contribution in [0.5, 0.6) is 17.2 Å². The second kappa shape index (κ2) is 6.53. The van der Waals surface area contributed by atoms with Gasteiger partial charge >= 0.3 is 0 Å². The van der Waals surface area contributed by atoms with Gasteiger partial charge in [0.25, 0.3) is 0 Å². The second-order valence-corrected chi connectivity index (χ2v) is 6.81. The topological polar surface area (TPSA) is 27.7 Å². The third kappa shape index (κ3) is 3.98. The van der Waals surface area contributed by atoms with E-state index in [-0.39, 0.29) is 5.41 Å². The SMILES string of the molecule is CCc1ccc(OCc2ccc3c(c2)OCC(C)(C)CO3)cc1. The molecule has 0 aliphatic carbocycles. The van der Waals surface area contributed by atoms with Crippen molar-refractivity contribution < 1.29 is 14.2 Å². The van der Waals surface area contributed by atoms with Gasteiger partial charge in [0.2, 0.25) is 0 Å². The molecule has 0 radical (unpaired) electrons. The van der Waals surface area contributed by atoms with Gasteiger partial charge in [-0.2, -0.15) is 0 Å². The van der Waals surface area contributed by atoms with E-state index >= 15 is 0 Å². The molecule has 0 amide bonds. The maximum Gasteiger partial charge on any atom is 0.161 e. The molecule has 2 aromatic rings. The van der Waals surface area contributed by atoms with E-state index in [4.69, 9.17) is 14.2 Å². The minimum Gasteiger partial charge on any atom is -0.489 e. The molecule has 3 heteroatoms. The van der Waals surface area contributed by atoms with Gasteiger partial charge in [-0.25, -0.2) is 0 Å². The predicted octanol–water partition coefficient (Wildman–Crippen LogP) is 4.63. The van der Waals surface area contributed by atoms with Crippen LogP contribution in [0, 0.1) is 5.41 Å². The molecule has 3 nitrogen and oxygen atoms in total. The number of hydrogen-bond acceptors (Lipinski definition) is 3. The molecular formula is C20H24O3. The Kier molecular flexibility index (Phi) is 4.46. The Morgan fingerprint density at radius 3 is 2.26 bits per heavy atom. The normalized spacial score (nSPS) is 15.8. The average molecular weight is 312 g/mol. The van der Waals surface area contributed by atoms with Crippen LogP contribution in [0.4, 0.5) is 0 Å². The largest absolute Gasteiger partial charge is 0.489 e. The van der Waals surface area contributed by atoms with Gasteiger partial charge < -0.3 is 14.2 Å². The molecule has 122 valence electrons. The molecule has 0 bridgehead atoms. The minimum absolute atomic E-state index is 0.0245. The van der Waals surface area contributed by atoms with Gasteiger partial charge in [0.05, 0.1) is 13.2 Å². The Morgan fingerprint density at radius 2 is 1.57 bits per heavy atom. The molecule has 0 saturated heterocycles. The van der Waals surface area contributed by atoms with Crippen molar-refractivity contribution in [1.29, 1.82) is 0 Å². The fraction of sp³-hybridized carbons (Fsp3) is 0.400. The van der Waals surface area contributed by atoms with Crippen LogP contribution in [0.3, 0.4) is 0 Å². The van der Waals surface area contributed by atoms with Crippen molar-refractivity contribution in [1.82, 2.24) is 0 Å². The van der Waals surface area contributed by atoms with Crippen LogP contribution in [-0.4, -0.2) is 13.2 Å². The van der Waals surface area contributed by atoms with Crippen LogP contribution >= 0.6 is 0 Å². The van der Waals surface area contributed by atoms with Crippen molar-refractivity contribution in [3.8, 4) is 17.2 Å². The lowest BCUT2D eigenvalue weighted by Gasteiger charge is -2.19. The van der Waals surface area contributed by atoms with Gasteiger partial charge in [0.15, 0.2) is 11.5 Å². The summed E-state index contributed by atoms with van der Waals surface area (Å²) in [5, 5.41) is 0. The highest BCUT2D eigenvalue weighted by molar-refractivity contribution is 5.43. The molecule has 2 aromatic carbocycles. The number of benzene rings is 2. The van der Waals surface area contributed by atoms with Crippen LogP contribution in [0.15, 0.2) is 42.5 Å². The average Bonchev–Trinajstić information content (AvgIpc) is 2.72. The predicted molar refractivity (Wildman–Crippen MR) is 91.4 cm³/mol. The fourth-order valence-electron chi connectivity index (χ4n) is 2.45. The lowest BCUT2D eigenvalue weighted by Crippen LogP contribution is -2.26. The van der Waals surface area contributed by atoms with Crippen molar-refractivity contribution in [3.05, 3.63) is 53.6 Å². The third-order valence-corrected chi connectivity index (χ3v) is 3.98. The molecule has 0 fully saturated rings. The van der Waals surface area contributed by atoms with Gasteiger partial charge in [0.1, 0.15) is 12.4 Å². The highest BCUT2D eigenvalue weighted by Gasteiger charge is 2.25. The molecule has 1 aliphatic heterocycles. The lowest BCUT2D eigenvalue weighted by atomic mass is 9.97. The summed E-state index contributed by atoms with van der Waals surface area (Å²) in [5.74, 6) is 2.50. The first kappa shape index (κ1) is 15.7. The van der Waals surface area contributed by atoms with Crippen LogP contribution in [0.1, 0.15) is 31.9 Å². The molecule has 1 aliphatic rings. The van der Waals surface area contributed by atoms with Crippen LogP contribution in [-0.2, 0) is 13.0 Å². The highest BCUT2D eigenvalue weighted by atomic mass is 16.5. The van der Waals surface area contributed by atoms with Gasteiger partial charge in [-0.3, -0.25) is 0 Å². The Labute approximate surface area is 138 Å². The van der Waals surface area contributed by atoms with Crippen LogP contribution < -0.4 is 14.2 Å². The molecule has 0 N–H and O–H groups in total. The second-order valence-electron chi connectivity index (χ2n) is 6.81. The van der Waals surface area contributed by atoms with E-state index in [1.54, 1.807) is 0 Å². The lowest BCUT2D eigenvalue weighted by molar-refractivity contribution is 0.140. The highest BCUT2D eigenvalue weighted by Crippen LogP contribution is 2.34. The summed E-state index contributed by atoms with van der Waals surface area (Å²) in [5.41, 5.74) is 2.42. The van der Waals surface area contributed by atoms with Crippen LogP contribution in [0.2, 0.25) is 0 Å². The molecule has 0 saturated carbocycles. The van der Waals surface area contributed by atoms with Gasteiger partial charge in [-0.1, -0.05) is 39.0 Å². The molecule has 3 rings (SSSR count). The van der Waals surface area contributed by atoms with Crippen molar-refractivity contribution in [2.45, 2.75) is 33.8 Å². The number of hydrogen-bond donors (Lipinski definition) is 0. The maximum absolute atomic E-state index is 5.91. The monoisotopic (exact) mass is 312 g/mol. The zero-order valence-corrected chi connectivity index (χ0v) is 14.1. The Bertz CT molecular complexity index is 659. The summed E-state index contributed by atoms with van der Waals surface area (Å²) >= 11 is 0. The molecule has 0 spiro atoms. The first-order valence-corrected chi connectivity index (χ1v) is 8.16. The van der Waals surface area contributed by atoms with Gasteiger partial charge in [-0.05, 0) is 41.8 Å². The maximum atomic E-state index is 5.91. The van der Waals surface area contributed by atoms with E-state index in [1.165, 1.54) is 5.56 Å². The summed E-state index contributed by atoms with van der Waals surface area (Å²) < 4.78 is 17.6. The number of aryl methyl sites for hydroxylation is 1. The van der Waals surface area contributed by atoms with E-state index < -0.39 is 0 Å². The molecule has 1 heterocycles. The Balaban J connectivity index is 1.66. The standard InChI is InChI=1S/C20H24O3/c1-4-15-5-8-17(9-6-15)21-12-16-7-10-18-19(11-16)23-14-20(2,3)13-22-18/h5-11H,4,12-14H2,1-3H3. The molecular weight excluding hydrogens is 288 g/mol. The first-order valence-electron chi connectivity index (χ1n) is 8.16. The van der Waals surface area contributed by atoms with Crippen molar-refractivity contribution in [2.75, 3.05) is 13.2 Å². The summed E-state index contributed by atoms with van der Waals surface area (Å²) in [4.78, 5) is 0. The van der Waals surface area contributed by atoms with Crippen LogP contribution in [0.25, 0.3) is 0 Å². The summed E-state index contributed by atoms with van der Waals surface area (Å²) in [7, 11) is 0. The van der Waals surface area contributed by atoms with Gasteiger partial charge in [-0.15, -0.1) is 0 Å². The number of fused-ring (bicyclic) bond motifs is 1. The molecule has 0 atom stereocenters. The van der Waals surface area contributed by atoms with Gasteiger partial charge in [0, 0.05) is 5.41 Å². The summed E-state index contributed by atoms with van der Waals surface area (Å²) in [6, 6.07) is 14.2. The molecule has 0 unspecified atom stereocenters. The Hall–Kier alpha value is -2.16. The zero-order valence-electron chi connectivity index (χ0n) is 14.1.